The van der Waals surface area contributed by atoms with Crippen LogP contribution < -0.4 is 4.90 Å². The summed E-state index contributed by atoms with van der Waals surface area (Å²) in [6, 6.07) is 19.2. The molecular weight excluding hydrogens is 444 g/mol. The maximum Gasteiger partial charge on any atom is 0.307 e. The van der Waals surface area contributed by atoms with Gasteiger partial charge in [0, 0.05) is 20.1 Å². The zero-order valence-corrected chi connectivity index (χ0v) is 20.1. The molecule has 0 saturated heterocycles. The standard InChI is InChI=1S/C27H30N4O4/c1-3-35-31(17-21-7-5-4-6-8-21)27(34)24-14-23-18-30(19-29(2)25(23)15-28-24)16-22-11-9-20(10-12-22)13-26(32)33/h4-12,14-15H,3,13,16-19H2,1-2H3,(H,32,33). The number of hydrogen-bond donors (Lipinski definition) is 1. The van der Waals surface area contributed by atoms with Gasteiger partial charge in [0.05, 0.1) is 38.1 Å². The monoisotopic (exact) mass is 474 g/mol. The topological polar surface area (TPSA) is 86.2 Å². The van der Waals surface area contributed by atoms with Crippen LogP contribution in [0.15, 0.2) is 66.9 Å². The van der Waals surface area contributed by atoms with Gasteiger partial charge in [0.25, 0.3) is 5.91 Å². The minimum absolute atomic E-state index is 0.0208. The van der Waals surface area contributed by atoms with Gasteiger partial charge in [0.2, 0.25) is 0 Å². The summed E-state index contributed by atoms with van der Waals surface area (Å²) in [4.78, 5) is 38.7. The highest BCUT2D eigenvalue weighted by Gasteiger charge is 2.24. The Hall–Kier alpha value is -3.75. The second-order valence-corrected chi connectivity index (χ2v) is 8.66. The largest absolute Gasteiger partial charge is 0.481 e. The average Bonchev–Trinajstić information content (AvgIpc) is 2.84. The fourth-order valence-electron chi connectivity index (χ4n) is 4.25. The van der Waals surface area contributed by atoms with Gasteiger partial charge in [0.1, 0.15) is 5.69 Å². The van der Waals surface area contributed by atoms with Gasteiger partial charge in [-0.3, -0.25) is 19.3 Å². The van der Waals surface area contributed by atoms with E-state index in [0.29, 0.717) is 31.9 Å². The predicted molar refractivity (Wildman–Crippen MR) is 132 cm³/mol. The normalized spacial score (nSPS) is 13.4. The fourth-order valence-corrected chi connectivity index (χ4v) is 4.25. The molecule has 35 heavy (non-hydrogen) atoms. The molecule has 1 aliphatic heterocycles. The van der Waals surface area contributed by atoms with Crippen molar-refractivity contribution in [3.05, 3.63) is 94.8 Å². The number of rotatable bonds is 9. The molecular formula is C27H30N4O4. The van der Waals surface area contributed by atoms with Crippen LogP contribution in [0.3, 0.4) is 0 Å². The molecule has 0 spiro atoms. The Morgan fingerprint density at radius 2 is 1.77 bits per heavy atom. The summed E-state index contributed by atoms with van der Waals surface area (Å²) < 4.78 is 0. The molecule has 8 nitrogen and oxygen atoms in total. The quantitative estimate of drug-likeness (QED) is 0.473. The number of pyridine rings is 1. The molecule has 8 heteroatoms. The first-order valence-electron chi connectivity index (χ1n) is 11.6. The number of amides is 1. The Morgan fingerprint density at radius 3 is 2.46 bits per heavy atom. The molecule has 0 unspecified atom stereocenters. The van der Waals surface area contributed by atoms with Gasteiger partial charge >= 0.3 is 5.97 Å². The molecule has 1 aromatic heterocycles. The molecule has 3 aromatic rings. The van der Waals surface area contributed by atoms with Crippen molar-refractivity contribution in [1.29, 1.82) is 0 Å². The van der Waals surface area contributed by atoms with Crippen molar-refractivity contribution in [2.45, 2.75) is 33.0 Å². The van der Waals surface area contributed by atoms with E-state index < -0.39 is 5.97 Å². The number of aliphatic carboxylic acids is 1. The third-order valence-corrected chi connectivity index (χ3v) is 5.87. The smallest absolute Gasteiger partial charge is 0.307 e. The van der Waals surface area contributed by atoms with Crippen molar-refractivity contribution >= 4 is 17.6 Å². The maximum absolute atomic E-state index is 13.3. The van der Waals surface area contributed by atoms with Crippen LogP contribution >= 0.6 is 0 Å². The summed E-state index contributed by atoms with van der Waals surface area (Å²) in [5.41, 5.74) is 5.24. The second kappa shape index (κ2) is 11.1. The van der Waals surface area contributed by atoms with Crippen molar-refractivity contribution in [2.75, 3.05) is 25.2 Å². The Labute approximate surface area is 205 Å². The average molecular weight is 475 g/mol. The summed E-state index contributed by atoms with van der Waals surface area (Å²) in [7, 11) is 2.01. The van der Waals surface area contributed by atoms with Gasteiger partial charge in [-0.25, -0.2) is 10.0 Å². The highest BCUT2D eigenvalue weighted by atomic mass is 16.7. The lowest BCUT2D eigenvalue weighted by molar-refractivity contribution is -0.136. The van der Waals surface area contributed by atoms with Crippen molar-refractivity contribution in [3.8, 4) is 0 Å². The van der Waals surface area contributed by atoms with Gasteiger partial charge in [0.15, 0.2) is 0 Å². The predicted octanol–water partition coefficient (Wildman–Crippen LogP) is 3.71. The fraction of sp³-hybridized carbons (Fsp3) is 0.296. The molecule has 1 N–H and O–H groups in total. The summed E-state index contributed by atoms with van der Waals surface area (Å²) in [5, 5.41) is 10.3. The van der Waals surface area contributed by atoms with Gasteiger partial charge in [-0.2, -0.15) is 0 Å². The molecule has 0 radical (unpaired) electrons. The summed E-state index contributed by atoms with van der Waals surface area (Å²) in [5.74, 6) is -1.11. The van der Waals surface area contributed by atoms with E-state index in [0.717, 1.165) is 34.6 Å². The van der Waals surface area contributed by atoms with E-state index in [4.69, 9.17) is 9.94 Å². The van der Waals surface area contributed by atoms with Gasteiger partial charge in [-0.1, -0.05) is 54.6 Å². The Morgan fingerprint density at radius 1 is 1.06 bits per heavy atom. The number of carboxylic acids is 1. The number of carbonyl (C=O) groups is 2. The van der Waals surface area contributed by atoms with Crippen LogP contribution in [0.2, 0.25) is 0 Å². The SMILES string of the molecule is CCON(Cc1ccccc1)C(=O)c1cc2c(cn1)N(C)CN(Cc1ccc(CC(=O)O)cc1)C2. The molecule has 1 aliphatic rings. The van der Waals surface area contributed by atoms with E-state index in [1.54, 1.807) is 6.20 Å². The maximum atomic E-state index is 13.3. The van der Waals surface area contributed by atoms with Crippen LogP contribution in [0.4, 0.5) is 5.69 Å². The molecule has 4 rings (SSSR count). The summed E-state index contributed by atoms with van der Waals surface area (Å²) in [6.45, 7) is 4.68. The number of fused-ring (bicyclic) bond motifs is 1. The number of anilines is 1. The highest BCUT2D eigenvalue weighted by Crippen LogP contribution is 2.27. The van der Waals surface area contributed by atoms with Crippen LogP contribution in [-0.4, -0.2) is 52.3 Å². The number of hydrogen-bond acceptors (Lipinski definition) is 6. The number of aromatic nitrogens is 1. The first-order valence-corrected chi connectivity index (χ1v) is 11.6. The molecule has 182 valence electrons. The van der Waals surface area contributed by atoms with E-state index in [2.05, 4.69) is 14.8 Å². The molecule has 0 fully saturated rings. The third-order valence-electron chi connectivity index (χ3n) is 5.87. The lowest BCUT2D eigenvalue weighted by Gasteiger charge is -2.36. The molecule has 1 amide bonds. The van der Waals surface area contributed by atoms with Crippen LogP contribution in [0.25, 0.3) is 0 Å². The summed E-state index contributed by atoms with van der Waals surface area (Å²) >= 11 is 0. The van der Waals surface area contributed by atoms with Gasteiger partial charge < -0.3 is 10.0 Å². The lowest BCUT2D eigenvalue weighted by atomic mass is 10.1. The zero-order valence-electron chi connectivity index (χ0n) is 20.1. The number of carboxylic acid groups (broad SMARTS) is 1. The Balaban J connectivity index is 1.48. The van der Waals surface area contributed by atoms with Gasteiger partial charge in [-0.05, 0) is 35.2 Å². The highest BCUT2D eigenvalue weighted by molar-refractivity contribution is 5.92. The van der Waals surface area contributed by atoms with Crippen LogP contribution in [0.5, 0.6) is 0 Å². The summed E-state index contributed by atoms with van der Waals surface area (Å²) in [6.07, 6.45) is 1.78. The number of carbonyl (C=O) groups excluding carboxylic acids is 1. The first-order chi connectivity index (χ1) is 16.9. The molecule has 0 saturated carbocycles. The Kier molecular flexibility index (Phi) is 7.74. The third kappa shape index (κ3) is 6.23. The number of hydroxylamine groups is 2. The Bertz CT molecular complexity index is 1170. The molecule has 0 atom stereocenters. The van der Waals surface area contributed by atoms with E-state index in [1.165, 1.54) is 5.06 Å². The van der Waals surface area contributed by atoms with E-state index >= 15 is 0 Å². The van der Waals surface area contributed by atoms with Crippen molar-refractivity contribution in [2.24, 2.45) is 0 Å². The first kappa shape index (κ1) is 24.4. The van der Waals surface area contributed by atoms with Gasteiger partial charge in [-0.15, -0.1) is 0 Å². The molecule has 2 heterocycles. The van der Waals surface area contributed by atoms with Crippen molar-refractivity contribution in [1.82, 2.24) is 14.9 Å². The van der Waals surface area contributed by atoms with E-state index in [9.17, 15) is 9.59 Å². The molecule has 2 aromatic carbocycles. The van der Waals surface area contributed by atoms with Crippen LogP contribution in [0, 0.1) is 0 Å². The van der Waals surface area contributed by atoms with E-state index in [-0.39, 0.29) is 12.3 Å². The lowest BCUT2D eigenvalue weighted by Crippen LogP contribution is -2.40. The minimum atomic E-state index is -0.836. The minimum Gasteiger partial charge on any atom is -0.481 e. The van der Waals surface area contributed by atoms with Crippen LogP contribution in [-0.2, 0) is 35.7 Å². The molecule has 0 aliphatic carbocycles. The number of nitrogens with zero attached hydrogens (tertiary/aromatic N) is 4. The van der Waals surface area contributed by atoms with Crippen molar-refractivity contribution in [3.63, 3.8) is 0 Å². The number of benzene rings is 2. The second-order valence-electron chi connectivity index (χ2n) is 8.66. The van der Waals surface area contributed by atoms with Crippen molar-refractivity contribution < 1.29 is 19.5 Å². The van der Waals surface area contributed by atoms with Crippen LogP contribution in [0.1, 0.15) is 39.7 Å². The molecule has 0 bridgehead atoms. The zero-order chi connectivity index (χ0) is 24.8. The van der Waals surface area contributed by atoms with E-state index in [1.807, 2.05) is 74.6 Å².